The molecular formula is C17H32N2O2. The topological polar surface area (TPSA) is 43.8 Å². The summed E-state index contributed by atoms with van der Waals surface area (Å²) in [5.74, 6) is 0.773. The maximum absolute atomic E-state index is 11.6. The van der Waals surface area contributed by atoms with Crippen molar-refractivity contribution in [2.45, 2.75) is 77.3 Å². The molecular weight excluding hydrogens is 264 g/mol. The van der Waals surface area contributed by atoms with E-state index < -0.39 is 6.09 Å². The Labute approximate surface area is 129 Å². The molecule has 21 heavy (non-hydrogen) atoms. The molecule has 0 bridgehead atoms. The summed E-state index contributed by atoms with van der Waals surface area (Å²) in [5, 5.41) is 9.51. The molecule has 4 heteroatoms. The third-order valence-electron chi connectivity index (χ3n) is 5.08. The first kappa shape index (κ1) is 16.6. The monoisotopic (exact) mass is 296 g/mol. The standard InChI is InChI=1S/C17H32N2O2/c1-17(2,3)19(16(20)21)15-9-7-14(8-10-15)13-18-11-5-4-6-12-18/h14-15H,4-13H2,1-3H3,(H,20,21)/t14-,15-. The van der Waals surface area contributed by atoms with E-state index in [9.17, 15) is 9.90 Å². The minimum atomic E-state index is -0.762. The Morgan fingerprint density at radius 3 is 2.14 bits per heavy atom. The van der Waals surface area contributed by atoms with Gasteiger partial charge in [0.2, 0.25) is 0 Å². The van der Waals surface area contributed by atoms with Crippen molar-refractivity contribution in [2.24, 2.45) is 5.92 Å². The molecule has 2 aliphatic rings. The molecule has 1 amide bonds. The summed E-state index contributed by atoms with van der Waals surface area (Å²) in [4.78, 5) is 15.9. The van der Waals surface area contributed by atoms with Crippen LogP contribution in [0.5, 0.6) is 0 Å². The molecule has 1 aliphatic carbocycles. The number of carboxylic acid groups (broad SMARTS) is 1. The van der Waals surface area contributed by atoms with E-state index in [1.807, 2.05) is 20.8 Å². The van der Waals surface area contributed by atoms with Gasteiger partial charge in [-0.2, -0.15) is 0 Å². The first-order chi connectivity index (χ1) is 9.88. The summed E-state index contributed by atoms with van der Waals surface area (Å²) < 4.78 is 0. The molecule has 1 aliphatic heterocycles. The number of likely N-dealkylation sites (tertiary alicyclic amines) is 1. The predicted molar refractivity (Wildman–Crippen MR) is 85.7 cm³/mol. The van der Waals surface area contributed by atoms with Gasteiger partial charge in [-0.1, -0.05) is 6.42 Å². The average molecular weight is 296 g/mol. The number of hydrogen-bond donors (Lipinski definition) is 1. The van der Waals surface area contributed by atoms with Crippen LogP contribution in [-0.2, 0) is 0 Å². The van der Waals surface area contributed by atoms with Crippen LogP contribution in [-0.4, -0.2) is 52.2 Å². The highest BCUT2D eigenvalue weighted by atomic mass is 16.4. The van der Waals surface area contributed by atoms with Crippen molar-refractivity contribution in [3.8, 4) is 0 Å². The lowest BCUT2D eigenvalue weighted by molar-refractivity contribution is 0.0460. The van der Waals surface area contributed by atoms with Gasteiger partial charge < -0.3 is 14.9 Å². The summed E-state index contributed by atoms with van der Waals surface area (Å²) in [6, 6.07) is 0.208. The van der Waals surface area contributed by atoms with Gasteiger partial charge in [0.1, 0.15) is 0 Å². The van der Waals surface area contributed by atoms with Crippen LogP contribution >= 0.6 is 0 Å². The van der Waals surface area contributed by atoms with Crippen molar-refractivity contribution >= 4 is 6.09 Å². The molecule has 0 atom stereocenters. The van der Waals surface area contributed by atoms with Crippen molar-refractivity contribution in [1.29, 1.82) is 0 Å². The number of nitrogens with zero attached hydrogens (tertiary/aromatic N) is 2. The van der Waals surface area contributed by atoms with Crippen LogP contribution in [0.1, 0.15) is 65.7 Å². The zero-order valence-corrected chi connectivity index (χ0v) is 14.0. The predicted octanol–water partition coefficient (Wildman–Crippen LogP) is 3.81. The number of hydrogen-bond acceptors (Lipinski definition) is 2. The second-order valence-corrected chi connectivity index (χ2v) is 7.86. The Balaban J connectivity index is 1.83. The smallest absolute Gasteiger partial charge is 0.407 e. The van der Waals surface area contributed by atoms with Gasteiger partial charge in [0.25, 0.3) is 0 Å². The maximum Gasteiger partial charge on any atom is 0.407 e. The van der Waals surface area contributed by atoms with E-state index >= 15 is 0 Å². The normalized spacial score (nSPS) is 28.3. The Kier molecular flexibility index (Phi) is 5.53. The molecule has 1 N–H and O–H groups in total. The minimum absolute atomic E-state index is 0.208. The van der Waals surface area contributed by atoms with Gasteiger partial charge >= 0.3 is 6.09 Å². The van der Waals surface area contributed by atoms with Crippen LogP contribution in [0, 0.1) is 5.92 Å². The van der Waals surface area contributed by atoms with E-state index in [0.717, 1.165) is 18.8 Å². The van der Waals surface area contributed by atoms with Crippen LogP contribution in [0.15, 0.2) is 0 Å². The molecule has 0 aromatic heterocycles. The summed E-state index contributed by atoms with van der Waals surface area (Å²) >= 11 is 0. The highest BCUT2D eigenvalue weighted by Crippen LogP contribution is 2.32. The lowest BCUT2D eigenvalue weighted by Gasteiger charge is -2.43. The molecule has 1 saturated heterocycles. The van der Waals surface area contributed by atoms with Crippen molar-refractivity contribution in [1.82, 2.24) is 9.80 Å². The second-order valence-electron chi connectivity index (χ2n) is 7.86. The molecule has 2 rings (SSSR count). The van der Waals surface area contributed by atoms with E-state index in [-0.39, 0.29) is 11.6 Å². The van der Waals surface area contributed by atoms with Crippen LogP contribution in [0.2, 0.25) is 0 Å². The number of piperidine rings is 1. The van der Waals surface area contributed by atoms with Gasteiger partial charge in [0.05, 0.1) is 0 Å². The van der Waals surface area contributed by atoms with Gasteiger partial charge in [-0.15, -0.1) is 0 Å². The maximum atomic E-state index is 11.6. The van der Waals surface area contributed by atoms with Crippen molar-refractivity contribution < 1.29 is 9.90 Å². The van der Waals surface area contributed by atoms with Crippen LogP contribution in [0.4, 0.5) is 4.79 Å². The fraction of sp³-hybridized carbons (Fsp3) is 0.941. The van der Waals surface area contributed by atoms with Crippen molar-refractivity contribution in [2.75, 3.05) is 19.6 Å². The molecule has 1 saturated carbocycles. The summed E-state index contributed by atoms with van der Waals surface area (Å²) in [5.41, 5.74) is -0.295. The fourth-order valence-electron chi connectivity index (χ4n) is 4.08. The first-order valence-corrected chi connectivity index (χ1v) is 8.62. The van der Waals surface area contributed by atoms with Gasteiger partial charge in [0.15, 0.2) is 0 Å². The summed E-state index contributed by atoms with van der Waals surface area (Å²) in [6.07, 6.45) is 7.76. The zero-order chi connectivity index (χ0) is 15.5. The zero-order valence-electron chi connectivity index (χ0n) is 14.0. The Bertz CT molecular complexity index is 337. The van der Waals surface area contributed by atoms with E-state index in [4.69, 9.17) is 0 Å². The Morgan fingerprint density at radius 2 is 1.67 bits per heavy atom. The van der Waals surface area contributed by atoms with E-state index in [1.165, 1.54) is 51.7 Å². The molecule has 0 aromatic rings. The van der Waals surface area contributed by atoms with Gasteiger partial charge in [-0.3, -0.25) is 0 Å². The van der Waals surface area contributed by atoms with Crippen molar-refractivity contribution in [3.63, 3.8) is 0 Å². The molecule has 0 spiro atoms. The largest absolute Gasteiger partial charge is 0.465 e. The summed E-state index contributed by atoms with van der Waals surface area (Å²) in [7, 11) is 0. The average Bonchev–Trinajstić information content (AvgIpc) is 2.40. The molecule has 122 valence electrons. The van der Waals surface area contributed by atoms with E-state index in [1.54, 1.807) is 4.90 Å². The van der Waals surface area contributed by atoms with Gasteiger partial charge in [0, 0.05) is 18.1 Å². The third-order valence-corrected chi connectivity index (χ3v) is 5.08. The van der Waals surface area contributed by atoms with Crippen molar-refractivity contribution in [3.05, 3.63) is 0 Å². The number of amides is 1. The lowest BCUT2D eigenvalue weighted by atomic mass is 9.83. The molecule has 0 unspecified atom stereocenters. The first-order valence-electron chi connectivity index (χ1n) is 8.62. The Morgan fingerprint density at radius 1 is 1.10 bits per heavy atom. The quantitative estimate of drug-likeness (QED) is 0.861. The molecule has 2 fully saturated rings. The van der Waals surface area contributed by atoms with Crippen LogP contribution in [0.25, 0.3) is 0 Å². The minimum Gasteiger partial charge on any atom is -0.465 e. The lowest BCUT2D eigenvalue weighted by Crippen LogP contribution is -2.52. The van der Waals surface area contributed by atoms with Gasteiger partial charge in [-0.05, 0) is 78.3 Å². The van der Waals surface area contributed by atoms with Crippen LogP contribution in [0.3, 0.4) is 0 Å². The fourth-order valence-corrected chi connectivity index (χ4v) is 4.08. The number of rotatable bonds is 3. The molecule has 4 nitrogen and oxygen atoms in total. The number of carbonyl (C=O) groups is 1. The molecule has 0 aromatic carbocycles. The van der Waals surface area contributed by atoms with Gasteiger partial charge in [-0.25, -0.2) is 4.79 Å². The highest BCUT2D eigenvalue weighted by Gasteiger charge is 2.35. The van der Waals surface area contributed by atoms with E-state index in [0.29, 0.717) is 0 Å². The molecule has 1 heterocycles. The van der Waals surface area contributed by atoms with E-state index in [2.05, 4.69) is 4.90 Å². The SMILES string of the molecule is CC(C)(C)N(C(=O)O)[C@H]1CC[C@H](CN2CCCCC2)CC1. The third kappa shape index (κ3) is 4.60. The second kappa shape index (κ2) is 6.99. The Hall–Kier alpha value is -0.770. The highest BCUT2D eigenvalue weighted by molar-refractivity contribution is 5.66. The summed E-state index contributed by atoms with van der Waals surface area (Å²) in [6.45, 7) is 9.77. The van der Waals surface area contributed by atoms with Crippen LogP contribution < -0.4 is 0 Å². The molecule has 0 radical (unpaired) electrons.